The van der Waals surface area contributed by atoms with Crippen LogP contribution in [0.2, 0.25) is 0 Å². The molecule has 5 nitrogen and oxygen atoms in total. The van der Waals surface area contributed by atoms with Gasteiger partial charge in [0, 0.05) is 33.2 Å². The Kier molecular flexibility index (Phi) is 6.73. The SMILES string of the molecule is CC1(C)c2ccccc2-c2ccc(-c3nc4ccccc4nc3-c3cccc(-c4nc(-c5ccccc5)nc(-c5ccccc5)n4)c3)cc21. The van der Waals surface area contributed by atoms with Crippen LogP contribution >= 0.6 is 0 Å². The number of nitrogens with zero attached hydrogens (tertiary/aromatic N) is 5. The van der Waals surface area contributed by atoms with Crippen molar-refractivity contribution in [3.05, 3.63) is 163 Å². The van der Waals surface area contributed by atoms with E-state index in [4.69, 9.17) is 24.9 Å². The molecule has 0 radical (unpaired) electrons. The van der Waals surface area contributed by atoms with Gasteiger partial charge in [0.05, 0.1) is 22.4 Å². The quantitative estimate of drug-likeness (QED) is 0.190. The van der Waals surface area contributed by atoms with E-state index in [1.54, 1.807) is 0 Å². The van der Waals surface area contributed by atoms with Crippen molar-refractivity contribution in [1.29, 1.82) is 0 Å². The third-order valence-electron chi connectivity index (χ3n) is 9.52. The molecule has 49 heavy (non-hydrogen) atoms. The zero-order chi connectivity index (χ0) is 33.0. The van der Waals surface area contributed by atoms with Crippen molar-refractivity contribution >= 4 is 11.0 Å². The maximum Gasteiger partial charge on any atom is 0.164 e. The van der Waals surface area contributed by atoms with E-state index in [2.05, 4.69) is 68.4 Å². The van der Waals surface area contributed by atoms with E-state index in [9.17, 15) is 0 Å². The van der Waals surface area contributed by atoms with Gasteiger partial charge in [0.1, 0.15) is 0 Å². The molecule has 0 spiro atoms. The van der Waals surface area contributed by atoms with Crippen LogP contribution in [0.1, 0.15) is 25.0 Å². The molecule has 0 saturated carbocycles. The van der Waals surface area contributed by atoms with E-state index in [0.717, 1.165) is 50.2 Å². The summed E-state index contributed by atoms with van der Waals surface area (Å²) in [7, 11) is 0. The molecule has 0 aliphatic heterocycles. The van der Waals surface area contributed by atoms with Crippen molar-refractivity contribution < 1.29 is 0 Å². The van der Waals surface area contributed by atoms with Gasteiger partial charge in [-0.05, 0) is 46.5 Å². The highest BCUT2D eigenvalue weighted by atomic mass is 15.0. The number of rotatable bonds is 5. The van der Waals surface area contributed by atoms with Crippen molar-refractivity contribution in [2.75, 3.05) is 0 Å². The lowest BCUT2D eigenvalue weighted by Crippen LogP contribution is -2.15. The number of fused-ring (bicyclic) bond motifs is 4. The van der Waals surface area contributed by atoms with Gasteiger partial charge in [-0.2, -0.15) is 0 Å². The van der Waals surface area contributed by atoms with E-state index < -0.39 is 0 Å². The Morgan fingerprint density at radius 1 is 0.347 bits per heavy atom. The molecule has 0 unspecified atom stereocenters. The standard InChI is InChI=1S/C44H31N5/c1-44(2)35-21-10-9-20-33(35)34-25-24-31(27-36(34)44)40-39(45-37-22-11-12-23-38(37)46-40)30-18-13-19-32(26-30)43-48-41(28-14-5-3-6-15-28)47-42(49-43)29-16-7-4-8-17-29/h3-27H,1-2H3. The Balaban J connectivity index is 1.21. The summed E-state index contributed by atoms with van der Waals surface area (Å²) in [6, 6.07) is 51.9. The van der Waals surface area contributed by atoms with E-state index in [-0.39, 0.29) is 5.41 Å². The Hall–Kier alpha value is -6.33. The fraction of sp³-hybridized carbons (Fsp3) is 0.0682. The molecule has 0 amide bonds. The molecule has 6 aromatic carbocycles. The van der Waals surface area contributed by atoms with E-state index in [1.165, 1.54) is 22.3 Å². The average Bonchev–Trinajstić information content (AvgIpc) is 3.40. The van der Waals surface area contributed by atoms with Gasteiger partial charge >= 0.3 is 0 Å². The Labute approximate surface area is 285 Å². The first kappa shape index (κ1) is 28.9. The molecule has 8 aromatic rings. The maximum absolute atomic E-state index is 5.25. The van der Waals surface area contributed by atoms with Crippen LogP contribution in [-0.4, -0.2) is 24.9 Å². The molecule has 9 rings (SSSR count). The van der Waals surface area contributed by atoms with E-state index >= 15 is 0 Å². The second-order valence-electron chi connectivity index (χ2n) is 13.0. The van der Waals surface area contributed by atoms with Gasteiger partial charge in [-0.1, -0.05) is 141 Å². The molecule has 2 aromatic heterocycles. The highest BCUT2D eigenvalue weighted by molar-refractivity contribution is 5.89. The normalized spacial score (nSPS) is 12.9. The van der Waals surface area contributed by atoms with Gasteiger partial charge in [-0.3, -0.25) is 0 Å². The van der Waals surface area contributed by atoms with Crippen molar-refractivity contribution in [1.82, 2.24) is 24.9 Å². The smallest absolute Gasteiger partial charge is 0.164 e. The molecule has 0 atom stereocenters. The molecule has 0 N–H and O–H groups in total. The summed E-state index contributed by atoms with van der Waals surface area (Å²) in [5, 5.41) is 0. The fourth-order valence-corrected chi connectivity index (χ4v) is 7.00. The van der Waals surface area contributed by atoms with Crippen molar-refractivity contribution in [2.24, 2.45) is 0 Å². The first-order valence-electron chi connectivity index (χ1n) is 16.5. The predicted molar refractivity (Wildman–Crippen MR) is 198 cm³/mol. The Morgan fingerprint density at radius 2 is 0.816 bits per heavy atom. The average molecular weight is 630 g/mol. The monoisotopic (exact) mass is 629 g/mol. The van der Waals surface area contributed by atoms with Crippen molar-refractivity contribution in [3.8, 4) is 67.8 Å². The number of hydrogen-bond donors (Lipinski definition) is 0. The molecule has 5 heteroatoms. The Morgan fingerprint density at radius 3 is 1.45 bits per heavy atom. The lowest BCUT2D eigenvalue weighted by molar-refractivity contribution is 0.660. The summed E-state index contributed by atoms with van der Waals surface area (Å²) in [6.07, 6.45) is 0. The minimum atomic E-state index is -0.127. The molecule has 0 saturated heterocycles. The van der Waals surface area contributed by atoms with Gasteiger partial charge < -0.3 is 0 Å². The summed E-state index contributed by atoms with van der Waals surface area (Å²) < 4.78 is 0. The first-order valence-corrected chi connectivity index (χ1v) is 16.5. The van der Waals surface area contributed by atoms with E-state index in [0.29, 0.717) is 17.5 Å². The fourth-order valence-electron chi connectivity index (χ4n) is 7.00. The summed E-state index contributed by atoms with van der Waals surface area (Å²) in [5.74, 6) is 1.85. The van der Waals surface area contributed by atoms with Gasteiger partial charge in [0.25, 0.3) is 0 Å². The molecule has 0 bridgehead atoms. The van der Waals surface area contributed by atoms with Crippen LogP contribution in [0.15, 0.2) is 152 Å². The van der Waals surface area contributed by atoms with Crippen molar-refractivity contribution in [3.63, 3.8) is 0 Å². The van der Waals surface area contributed by atoms with Gasteiger partial charge in [-0.25, -0.2) is 24.9 Å². The lowest BCUT2D eigenvalue weighted by atomic mass is 9.81. The molecule has 1 aliphatic carbocycles. The van der Waals surface area contributed by atoms with Crippen LogP contribution in [0.3, 0.4) is 0 Å². The van der Waals surface area contributed by atoms with Gasteiger partial charge in [-0.15, -0.1) is 0 Å². The van der Waals surface area contributed by atoms with Crippen LogP contribution in [-0.2, 0) is 5.41 Å². The lowest BCUT2D eigenvalue weighted by Gasteiger charge is -2.22. The first-order chi connectivity index (χ1) is 24.0. The second kappa shape index (κ2) is 11.4. The maximum atomic E-state index is 5.25. The van der Waals surface area contributed by atoms with Crippen LogP contribution in [0.4, 0.5) is 0 Å². The molecular weight excluding hydrogens is 599 g/mol. The van der Waals surface area contributed by atoms with Crippen LogP contribution in [0.5, 0.6) is 0 Å². The summed E-state index contributed by atoms with van der Waals surface area (Å²) >= 11 is 0. The van der Waals surface area contributed by atoms with E-state index in [1.807, 2.05) is 97.1 Å². The summed E-state index contributed by atoms with van der Waals surface area (Å²) in [6.45, 7) is 4.61. The highest BCUT2D eigenvalue weighted by Gasteiger charge is 2.35. The molecule has 232 valence electrons. The van der Waals surface area contributed by atoms with Crippen LogP contribution in [0.25, 0.3) is 78.8 Å². The number of benzene rings is 6. The largest absolute Gasteiger partial charge is 0.244 e. The summed E-state index contributed by atoms with van der Waals surface area (Å²) in [5.41, 5.74) is 13.2. The second-order valence-corrected chi connectivity index (χ2v) is 13.0. The molecule has 2 heterocycles. The minimum absolute atomic E-state index is 0.127. The minimum Gasteiger partial charge on any atom is -0.244 e. The highest BCUT2D eigenvalue weighted by Crippen LogP contribution is 2.49. The molecule has 1 aliphatic rings. The number of para-hydroxylation sites is 2. The van der Waals surface area contributed by atoms with Crippen LogP contribution in [0, 0.1) is 0 Å². The predicted octanol–water partition coefficient (Wildman–Crippen LogP) is 10.5. The number of hydrogen-bond acceptors (Lipinski definition) is 5. The van der Waals surface area contributed by atoms with Gasteiger partial charge in [0.15, 0.2) is 17.5 Å². The molecular formula is C44H31N5. The van der Waals surface area contributed by atoms with Gasteiger partial charge in [0.2, 0.25) is 0 Å². The Bertz CT molecular complexity index is 2470. The zero-order valence-corrected chi connectivity index (χ0v) is 27.2. The third kappa shape index (κ3) is 4.99. The zero-order valence-electron chi connectivity index (χ0n) is 27.2. The third-order valence-corrected chi connectivity index (χ3v) is 9.52. The number of aromatic nitrogens is 5. The van der Waals surface area contributed by atoms with Crippen molar-refractivity contribution in [2.45, 2.75) is 19.3 Å². The topological polar surface area (TPSA) is 64.5 Å². The summed E-state index contributed by atoms with van der Waals surface area (Å²) in [4.78, 5) is 25.3. The molecule has 0 fully saturated rings. The van der Waals surface area contributed by atoms with Crippen LogP contribution < -0.4 is 0 Å².